The first-order chi connectivity index (χ1) is 15.3. The standard InChI is InChI=1S/C22H24ClN3O5S/c23-20-4-2-1-3-16(20)14-25-15-17(13-21(25)27)22(28)24-18-5-7-19(8-6-18)32(29,30)26-9-11-31-12-10-26/h1-8,17H,9-15H2,(H,24,28)/t17-/m0/s1. The number of nitrogens with one attached hydrogen (secondary N) is 1. The lowest BCUT2D eigenvalue weighted by Gasteiger charge is -2.26. The van der Waals surface area contributed by atoms with Gasteiger partial charge in [-0.1, -0.05) is 29.8 Å². The van der Waals surface area contributed by atoms with Crippen molar-refractivity contribution in [1.29, 1.82) is 0 Å². The van der Waals surface area contributed by atoms with Crippen LogP contribution in [0.25, 0.3) is 0 Å². The molecule has 0 unspecified atom stereocenters. The summed E-state index contributed by atoms with van der Waals surface area (Å²) >= 11 is 6.18. The van der Waals surface area contributed by atoms with Crippen molar-refractivity contribution in [3.05, 3.63) is 59.1 Å². The van der Waals surface area contributed by atoms with Gasteiger partial charge in [-0.2, -0.15) is 4.31 Å². The molecule has 32 heavy (non-hydrogen) atoms. The molecule has 1 N–H and O–H groups in total. The van der Waals surface area contributed by atoms with Crippen molar-refractivity contribution in [2.75, 3.05) is 38.2 Å². The second-order valence-corrected chi connectivity index (χ2v) is 10.1. The van der Waals surface area contributed by atoms with E-state index in [1.54, 1.807) is 23.1 Å². The number of hydrogen-bond acceptors (Lipinski definition) is 5. The fourth-order valence-electron chi connectivity index (χ4n) is 3.82. The van der Waals surface area contributed by atoms with Crippen LogP contribution in [0.5, 0.6) is 0 Å². The monoisotopic (exact) mass is 477 g/mol. The van der Waals surface area contributed by atoms with Crippen LogP contribution in [-0.4, -0.2) is 62.3 Å². The number of amides is 2. The van der Waals surface area contributed by atoms with E-state index in [-0.39, 0.29) is 23.1 Å². The molecule has 1 atom stereocenters. The van der Waals surface area contributed by atoms with Crippen molar-refractivity contribution < 1.29 is 22.7 Å². The van der Waals surface area contributed by atoms with Gasteiger partial charge in [-0.25, -0.2) is 8.42 Å². The van der Waals surface area contributed by atoms with E-state index < -0.39 is 15.9 Å². The molecule has 0 bridgehead atoms. The molecule has 10 heteroatoms. The normalized spacial score (nSPS) is 19.8. The summed E-state index contributed by atoms with van der Waals surface area (Å²) in [6, 6.07) is 13.4. The minimum atomic E-state index is -3.59. The highest BCUT2D eigenvalue weighted by atomic mass is 35.5. The van der Waals surface area contributed by atoms with Crippen molar-refractivity contribution in [3.8, 4) is 0 Å². The van der Waals surface area contributed by atoms with Crippen LogP contribution >= 0.6 is 11.6 Å². The molecule has 2 aliphatic rings. The third-order valence-electron chi connectivity index (χ3n) is 5.63. The van der Waals surface area contributed by atoms with E-state index in [1.165, 1.54) is 16.4 Å². The van der Waals surface area contributed by atoms with Gasteiger partial charge in [-0.05, 0) is 35.9 Å². The number of rotatable bonds is 6. The number of ether oxygens (including phenoxy) is 1. The highest BCUT2D eigenvalue weighted by Crippen LogP contribution is 2.25. The zero-order valence-corrected chi connectivity index (χ0v) is 18.9. The van der Waals surface area contributed by atoms with Gasteiger partial charge in [0.25, 0.3) is 0 Å². The van der Waals surface area contributed by atoms with Gasteiger partial charge in [0.1, 0.15) is 0 Å². The van der Waals surface area contributed by atoms with Gasteiger partial charge >= 0.3 is 0 Å². The minimum Gasteiger partial charge on any atom is -0.379 e. The molecule has 2 aliphatic heterocycles. The average Bonchev–Trinajstić information content (AvgIpc) is 3.17. The molecule has 0 aromatic heterocycles. The van der Waals surface area contributed by atoms with Crippen LogP contribution in [0.4, 0.5) is 5.69 Å². The Bertz CT molecular complexity index is 1100. The van der Waals surface area contributed by atoms with Crippen molar-refractivity contribution in [1.82, 2.24) is 9.21 Å². The maximum atomic E-state index is 12.7. The molecule has 0 spiro atoms. The molecule has 0 radical (unpaired) electrons. The van der Waals surface area contributed by atoms with Crippen LogP contribution in [0.3, 0.4) is 0 Å². The number of benzene rings is 2. The number of morpholine rings is 1. The van der Waals surface area contributed by atoms with E-state index in [0.29, 0.717) is 50.1 Å². The Hall–Kier alpha value is -2.46. The topological polar surface area (TPSA) is 96.0 Å². The predicted octanol–water partition coefficient (Wildman–Crippen LogP) is 2.35. The molecule has 4 rings (SSSR count). The van der Waals surface area contributed by atoms with Gasteiger partial charge in [-0.15, -0.1) is 0 Å². The first-order valence-corrected chi connectivity index (χ1v) is 12.2. The van der Waals surface area contributed by atoms with Crippen LogP contribution in [0.15, 0.2) is 53.4 Å². The van der Waals surface area contributed by atoms with Crippen molar-refractivity contribution >= 4 is 39.1 Å². The van der Waals surface area contributed by atoms with Gasteiger partial charge in [0.05, 0.1) is 24.0 Å². The fraction of sp³-hybridized carbons (Fsp3) is 0.364. The van der Waals surface area contributed by atoms with Crippen molar-refractivity contribution in [2.45, 2.75) is 17.9 Å². The summed E-state index contributed by atoms with van der Waals surface area (Å²) in [5, 5.41) is 3.37. The van der Waals surface area contributed by atoms with Crippen molar-refractivity contribution in [2.24, 2.45) is 5.92 Å². The maximum Gasteiger partial charge on any atom is 0.243 e. The smallest absolute Gasteiger partial charge is 0.243 e. The Balaban J connectivity index is 1.37. The van der Waals surface area contributed by atoms with E-state index in [4.69, 9.17) is 16.3 Å². The second kappa shape index (κ2) is 9.58. The molecule has 2 aromatic rings. The SMILES string of the molecule is O=C(Nc1ccc(S(=O)(=O)N2CCOCC2)cc1)[C@H]1CC(=O)N(Cc2ccccc2Cl)C1. The van der Waals surface area contributed by atoms with Crippen molar-refractivity contribution in [3.63, 3.8) is 0 Å². The lowest BCUT2D eigenvalue weighted by molar-refractivity contribution is -0.128. The zero-order chi connectivity index (χ0) is 22.7. The number of sulfonamides is 1. The fourth-order valence-corrected chi connectivity index (χ4v) is 5.43. The molecule has 2 amide bonds. The predicted molar refractivity (Wildman–Crippen MR) is 120 cm³/mol. The lowest BCUT2D eigenvalue weighted by Crippen LogP contribution is -2.40. The highest BCUT2D eigenvalue weighted by Gasteiger charge is 2.34. The molecular formula is C22H24ClN3O5S. The van der Waals surface area contributed by atoms with Gasteiger partial charge in [0.15, 0.2) is 0 Å². The molecule has 2 aromatic carbocycles. The van der Waals surface area contributed by atoms with Crippen LogP contribution in [0, 0.1) is 5.92 Å². The van der Waals surface area contributed by atoms with E-state index in [0.717, 1.165) is 5.56 Å². The highest BCUT2D eigenvalue weighted by molar-refractivity contribution is 7.89. The number of halogens is 1. The summed E-state index contributed by atoms with van der Waals surface area (Å²) in [6.07, 6.45) is 0.125. The first kappa shape index (κ1) is 22.7. The summed E-state index contributed by atoms with van der Waals surface area (Å²) < 4.78 is 32.0. The summed E-state index contributed by atoms with van der Waals surface area (Å²) in [5.74, 6) is -0.859. The first-order valence-electron chi connectivity index (χ1n) is 10.3. The number of anilines is 1. The average molecular weight is 478 g/mol. The molecule has 0 saturated carbocycles. The summed E-state index contributed by atoms with van der Waals surface area (Å²) in [5.41, 5.74) is 1.31. The summed E-state index contributed by atoms with van der Waals surface area (Å²) in [7, 11) is -3.59. The molecule has 170 valence electrons. The molecule has 0 aliphatic carbocycles. The number of carbonyl (C=O) groups is 2. The zero-order valence-electron chi connectivity index (χ0n) is 17.4. The van der Waals surface area contributed by atoms with Crippen LogP contribution in [0.2, 0.25) is 5.02 Å². The van der Waals surface area contributed by atoms with Crippen LogP contribution in [-0.2, 0) is 30.9 Å². The lowest BCUT2D eigenvalue weighted by atomic mass is 10.1. The van der Waals surface area contributed by atoms with Gasteiger partial charge in [0.2, 0.25) is 21.8 Å². The van der Waals surface area contributed by atoms with Crippen LogP contribution < -0.4 is 5.32 Å². The number of likely N-dealkylation sites (tertiary alicyclic amines) is 1. The van der Waals surface area contributed by atoms with E-state index in [9.17, 15) is 18.0 Å². The Morgan fingerprint density at radius 1 is 1.09 bits per heavy atom. The van der Waals surface area contributed by atoms with E-state index in [1.807, 2.05) is 18.2 Å². The number of nitrogens with zero attached hydrogens (tertiary/aromatic N) is 2. The summed E-state index contributed by atoms with van der Waals surface area (Å²) in [4.78, 5) is 26.9. The Morgan fingerprint density at radius 3 is 2.47 bits per heavy atom. The Kier molecular flexibility index (Phi) is 6.80. The van der Waals surface area contributed by atoms with E-state index >= 15 is 0 Å². The largest absolute Gasteiger partial charge is 0.379 e. The van der Waals surface area contributed by atoms with Gasteiger partial charge in [-0.3, -0.25) is 9.59 Å². The quantitative estimate of drug-likeness (QED) is 0.689. The molecule has 8 nitrogen and oxygen atoms in total. The summed E-state index contributed by atoms with van der Waals surface area (Å²) in [6.45, 7) is 2.06. The molecule has 2 saturated heterocycles. The number of carbonyl (C=O) groups excluding carboxylic acids is 2. The Morgan fingerprint density at radius 2 is 1.78 bits per heavy atom. The molecule has 2 heterocycles. The minimum absolute atomic E-state index is 0.1000. The van der Waals surface area contributed by atoms with Gasteiger partial charge < -0.3 is 15.0 Å². The second-order valence-electron chi connectivity index (χ2n) is 7.80. The maximum absolute atomic E-state index is 12.7. The van der Waals surface area contributed by atoms with E-state index in [2.05, 4.69) is 5.32 Å². The van der Waals surface area contributed by atoms with Gasteiger partial charge in [0, 0.05) is 43.3 Å². The Labute approximate surface area is 192 Å². The third kappa shape index (κ3) is 4.96. The number of hydrogen-bond donors (Lipinski definition) is 1. The molecular weight excluding hydrogens is 454 g/mol. The molecule has 2 fully saturated rings. The third-order valence-corrected chi connectivity index (χ3v) is 7.92. The van der Waals surface area contributed by atoms with Crippen LogP contribution in [0.1, 0.15) is 12.0 Å².